The number of amides is 1. The predicted octanol–water partition coefficient (Wildman–Crippen LogP) is 3.58. The molecule has 0 aliphatic carbocycles. The molecule has 0 aliphatic heterocycles. The molecule has 1 atom stereocenters. The van der Waals surface area contributed by atoms with E-state index in [9.17, 15) is 9.59 Å². The Labute approximate surface area is 128 Å². The molecule has 0 saturated carbocycles. The number of unbranched alkanes of at least 4 members (excludes halogenated alkanes) is 3. The Morgan fingerprint density at radius 2 is 1.81 bits per heavy atom. The first-order valence-electron chi connectivity index (χ1n) is 7.48. The monoisotopic (exact) mass is 299 g/mol. The number of carbonyl (C=O) groups excluding carboxylic acids is 2. The summed E-state index contributed by atoms with van der Waals surface area (Å²) in [6.07, 6.45) is 4.31. The van der Waals surface area contributed by atoms with Gasteiger partial charge in [0.15, 0.2) is 0 Å². The van der Waals surface area contributed by atoms with E-state index in [0.717, 1.165) is 25.7 Å². The maximum absolute atomic E-state index is 11.8. The summed E-state index contributed by atoms with van der Waals surface area (Å²) in [4.78, 5) is 23.4. The zero-order valence-corrected chi connectivity index (χ0v) is 14.0. The summed E-state index contributed by atoms with van der Waals surface area (Å²) in [6.45, 7) is 11.2. The highest BCUT2D eigenvalue weighted by Crippen LogP contribution is 2.14. The number of rotatable bonds is 8. The topological polar surface area (TPSA) is 64.6 Å². The molecular weight excluding hydrogens is 270 g/mol. The van der Waals surface area contributed by atoms with Gasteiger partial charge in [-0.25, -0.2) is 9.59 Å². The number of carbonyl (C=O) groups is 2. The fraction of sp³-hybridized carbons (Fsp3) is 0.750. The zero-order chi connectivity index (χ0) is 16.5. The van der Waals surface area contributed by atoms with Gasteiger partial charge in [-0.3, -0.25) is 0 Å². The van der Waals surface area contributed by atoms with E-state index in [2.05, 4.69) is 23.6 Å². The summed E-state index contributed by atoms with van der Waals surface area (Å²) < 4.78 is 9.89. The van der Waals surface area contributed by atoms with Crippen LogP contribution in [0, 0.1) is 0 Å². The predicted molar refractivity (Wildman–Crippen MR) is 83.1 cm³/mol. The number of ether oxygens (including phenoxy) is 2. The average Bonchev–Trinajstić information content (AvgIpc) is 2.38. The molecule has 0 saturated heterocycles. The molecule has 0 heterocycles. The molecule has 122 valence electrons. The standard InChI is InChI=1S/C16H29NO4/c1-7-8-9-10-11-13(12(2)14(18)20-6)17-15(19)21-16(3,4)5/h13H,2,7-11H2,1,3-6H3,(H,17,19)/t13-/m0/s1. The van der Waals surface area contributed by atoms with Crippen molar-refractivity contribution in [2.45, 2.75) is 71.4 Å². The van der Waals surface area contributed by atoms with E-state index in [1.165, 1.54) is 7.11 Å². The van der Waals surface area contributed by atoms with E-state index in [1.54, 1.807) is 20.8 Å². The molecule has 1 N–H and O–H groups in total. The van der Waals surface area contributed by atoms with Crippen molar-refractivity contribution in [3.8, 4) is 0 Å². The fourth-order valence-corrected chi connectivity index (χ4v) is 1.83. The number of methoxy groups -OCH3 is 1. The van der Waals surface area contributed by atoms with Crippen LogP contribution in [0.1, 0.15) is 59.8 Å². The summed E-state index contributed by atoms with van der Waals surface area (Å²) in [7, 11) is 1.30. The average molecular weight is 299 g/mol. The Morgan fingerprint density at radius 3 is 2.29 bits per heavy atom. The largest absolute Gasteiger partial charge is 0.466 e. The van der Waals surface area contributed by atoms with Crippen molar-refractivity contribution in [3.05, 3.63) is 12.2 Å². The minimum atomic E-state index is -0.580. The third kappa shape index (κ3) is 9.10. The van der Waals surface area contributed by atoms with E-state index in [4.69, 9.17) is 4.74 Å². The van der Waals surface area contributed by atoms with Crippen LogP contribution in [0.25, 0.3) is 0 Å². The molecule has 5 nitrogen and oxygen atoms in total. The highest BCUT2D eigenvalue weighted by Gasteiger charge is 2.24. The van der Waals surface area contributed by atoms with Gasteiger partial charge < -0.3 is 14.8 Å². The third-order valence-corrected chi connectivity index (χ3v) is 2.91. The summed E-state index contributed by atoms with van der Waals surface area (Å²) in [5.74, 6) is -0.508. The lowest BCUT2D eigenvalue weighted by Gasteiger charge is -2.24. The Bertz CT molecular complexity index is 358. The molecule has 0 rings (SSSR count). The van der Waals surface area contributed by atoms with Gasteiger partial charge in [-0.1, -0.05) is 39.2 Å². The van der Waals surface area contributed by atoms with Gasteiger partial charge in [0, 0.05) is 0 Å². The van der Waals surface area contributed by atoms with Gasteiger partial charge in [0.25, 0.3) is 0 Å². The first kappa shape index (κ1) is 19.5. The van der Waals surface area contributed by atoms with Gasteiger partial charge in [-0.05, 0) is 27.2 Å². The van der Waals surface area contributed by atoms with E-state index in [-0.39, 0.29) is 5.57 Å². The number of esters is 1. The molecule has 0 aromatic heterocycles. The van der Waals surface area contributed by atoms with Gasteiger partial charge in [0.05, 0.1) is 18.7 Å². The maximum atomic E-state index is 11.8. The minimum Gasteiger partial charge on any atom is -0.466 e. The van der Waals surface area contributed by atoms with Crippen LogP contribution in [0.4, 0.5) is 4.79 Å². The Morgan fingerprint density at radius 1 is 1.19 bits per heavy atom. The minimum absolute atomic E-state index is 0.250. The van der Waals surface area contributed by atoms with Crippen molar-refractivity contribution in [2.24, 2.45) is 0 Å². The lowest BCUT2D eigenvalue weighted by molar-refractivity contribution is -0.136. The summed E-state index contributed by atoms with van der Waals surface area (Å²) in [5, 5.41) is 2.70. The van der Waals surface area contributed by atoms with Gasteiger partial charge in [0.2, 0.25) is 0 Å². The Hall–Kier alpha value is -1.52. The second kappa shape index (κ2) is 9.42. The van der Waals surface area contributed by atoms with Gasteiger partial charge in [0.1, 0.15) is 5.60 Å². The maximum Gasteiger partial charge on any atom is 0.408 e. The van der Waals surface area contributed by atoms with Crippen molar-refractivity contribution < 1.29 is 19.1 Å². The molecule has 0 aromatic carbocycles. The fourth-order valence-electron chi connectivity index (χ4n) is 1.83. The van der Waals surface area contributed by atoms with Crippen LogP contribution < -0.4 is 5.32 Å². The summed E-state index contributed by atoms with van der Waals surface area (Å²) in [6, 6.07) is -0.454. The van der Waals surface area contributed by atoms with Crippen molar-refractivity contribution in [1.29, 1.82) is 0 Å². The van der Waals surface area contributed by atoms with E-state index in [0.29, 0.717) is 6.42 Å². The number of hydrogen-bond acceptors (Lipinski definition) is 4. The smallest absolute Gasteiger partial charge is 0.408 e. The molecule has 21 heavy (non-hydrogen) atoms. The van der Waals surface area contributed by atoms with E-state index >= 15 is 0 Å². The third-order valence-electron chi connectivity index (χ3n) is 2.91. The van der Waals surface area contributed by atoms with Crippen LogP contribution >= 0.6 is 0 Å². The second-order valence-corrected chi connectivity index (χ2v) is 6.06. The molecule has 0 aromatic rings. The van der Waals surface area contributed by atoms with Crippen molar-refractivity contribution in [3.63, 3.8) is 0 Å². The highest BCUT2D eigenvalue weighted by atomic mass is 16.6. The lowest BCUT2D eigenvalue weighted by Crippen LogP contribution is -2.41. The van der Waals surface area contributed by atoms with Gasteiger partial charge >= 0.3 is 12.1 Å². The quantitative estimate of drug-likeness (QED) is 0.423. The van der Waals surface area contributed by atoms with Crippen molar-refractivity contribution in [1.82, 2.24) is 5.32 Å². The van der Waals surface area contributed by atoms with Gasteiger partial charge in [-0.15, -0.1) is 0 Å². The number of hydrogen-bond donors (Lipinski definition) is 1. The SMILES string of the molecule is C=C(C(=O)OC)[C@H](CCCCCC)NC(=O)OC(C)(C)C. The highest BCUT2D eigenvalue weighted by molar-refractivity contribution is 5.89. The molecule has 1 amide bonds. The molecule has 5 heteroatoms. The van der Waals surface area contributed by atoms with Crippen molar-refractivity contribution in [2.75, 3.05) is 7.11 Å². The van der Waals surface area contributed by atoms with E-state index < -0.39 is 23.7 Å². The number of nitrogens with one attached hydrogen (secondary N) is 1. The van der Waals surface area contributed by atoms with Crippen LogP contribution in [0.2, 0.25) is 0 Å². The summed E-state index contributed by atoms with van der Waals surface area (Å²) >= 11 is 0. The van der Waals surface area contributed by atoms with Gasteiger partial charge in [-0.2, -0.15) is 0 Å². The molecule has 0 aliphatic rings. The normalized spacial score (nSPS) is 12.4. The van der Waals surface area contributed by atoms with Crippen LogP contribution in [0.3, 0.4) is 0 Å². The molecule has 0 spiro atoms. The molecule has 0 unspecified atom stereocenters. The molecule has 0 fully saturated rings. The zero-order valence-electron chi connectivity index (χ0n) is 14.0. The molecular formula is C16H29NO4. The van der Waals surface area contributed by atoms with E-state index in [1.807, 2.05) is 0 Å². The summed E-state index contributed by atoms with van der Waals surface area (Å²) in [5.41, 5.74) is -0.330. The van der Waals surface area contributed by atoms with Crippen LogP contribution in [-0.2, 0) is 14.3 Å². The van der Waals surface area contributed by atoms with Crippen molar-refractivity contribution >= 4 is 12.1 Å². The number of alkyl carbamates (subject to hydrolysis) is 1. The Kier molecular flexibility index (Phi) is 8.74. The lowest BCUT2D eigenvalue weighted by atomic mass is 10.0. The molecule has 0 radical (unpaired) electrons. The second-order valence-electron chi connectivity index (χ2n) is 6.06. The Balaban J connectivity index is 4.60. The van der Waals surface area contributed by atoms with Crippen LogP contribution in [0.15, 0.2) is 12.2 Å². The first-order valence-corrected chi connectivity index (χ1v) is 7.48. The van der Waals surface area contributed by atoms with Crippen LogP contribution in [-0.4, -0.2) is 30.8 Å². The first-order chi connectivity index (χ1) is 9.71. The molecule has 0 bridgehead atoms. The van der Waals surface area contributed by atoms with Crippen LogP contribution in [0.5, 0.6) is 0 Å².